The SMILES string of the molecule is N#C[B-](C#N)(C#N)c1c(F)c(F)c(F)c(F)c1F.[K+]. The van der Waals surface area contributed by atoms with Crippen LogP contribution in [-0.2, 0) is 0 Å². The maximum Gasteiger partial charge on any atom is 1.00 e. The quantitative estimate of drug-likeness (QED) is 0.266. The molecule has 0 aliphatic rings. The van der Waals surface area contributed by atoms with Gasteiger partial charge in [0, 0.05) is 0 Å². The average molecular weight is 295 g/mol. The Bertz CT molecular complexity index is 593. The second-order valence-corrected chi connectivity index (χ2v) is 3.24. The Morgan fingerprint density at radius 2 is 0.895 bits per heavy atom. The third kappa shape index (κ3) is 2.66. The molecule has 0 fully saturated rings. The van der Waals surface area contributed by atoms with Crippen molar-refractivity contribution in [3.8, 4) is 17.9 Å². The van der Waals surface area contributed by atoms with Crippen molar-refractivity contribution in [2.75, 3.05) is 0 Å². The molecule has 0 unspecified atom stereocenters. The second kappa shape index (κ2) is 6.47. The summed E-state index contributed by atoms with van der Waals surface area (Å²) in [7, 11) is 0. The molecule has 0 aromatic heterocycles. The second-order valence-electron chi connectivity index (χ2n) is 3.24. The third-order valence-corrected chi connectivity index (χ3v) is 2.26. The molecule has 0 amide bonds. The van der Waals surface area contributed by atoms with Gasteiger partial charge >= 0.3 is 57.5 Å². The number of rotatable bonds is 1. The summed E-state index contributed by atoms with van der Waals surface area (Å²) in [5.74, 6) is -8.77. The van der Waals surface area contributed by atoms with Crippen molar-refractivity contribution in [1.82, 2.24) is 0 Å². The van der Waals surface area contributed by atoms with E-state index in [0.29, 0.717) is 0 Å². The minimum absolute atomic E-state index is 0. The van der Waals surface area contributed by atoms with Crippen LogP contribution in [0.15, 0.2) is 0 Å². The largest absolute Gasteiger partial charge is 1.00 e. The predicted octanol–water partition coefficient (Wildman–Crippen LogP) is -1.77. The smallest absolute Gasteiger partial charge is 0.246 e. The zero-order chi connectivity index (χ0) is 14.1. The van der Waals surface area contributed by atoms with Crippen molar-refractivity contribution in [3.05, 3.63) is 29.1 Å². The first-order chi connectivity index (χ1) is 8.36. The van der Waals surface area contributed by atoms with E-state index in [1.807, 2.05) is 0 Å². The summed E-state index contributed by atoms with van der Waals surface area (Å²) in [6.07, 6.45) is -3.85. The van der Waals surface area contributed by atoms with Crippen LogP contribution in [0.3, 0.4) is 0 Å². The first kappa shape index (κ1) is 18.0. The van der Waals surface area contributed by atoms with Crippen LogP contribution in [0, 0.1) is 62.8 Å². The summed E-state index contributed by atoms with van der Waals surface area (Å²) in [4.78, 5) is 0. The van der Waals surface area contributed by atoms with E-state index in [-0.39, 0.29) is 51.4 Å². The molecule has 0 N–H and O–H groups in total. The molecule has 0 radical (unpaired) electrons. The molecule has 1 rings (SSSR count). The summed E-state index contributed by atoms with van der Waals surface area (Å²) in [6.45, 7) is 0. The molecule has 0 heterocycles. The molecule has 1 aromatic rings. The van der Waals surface area contributed by atoms with Crippen LogP contribution in [0.1, 0.15) is 0 Å². The first-order valence-corrected chi connectivity index (χ1v) is 4.27. The van der Waals surface area contributed by atoms with Gasteiger partial charge in [-0.1, -0.05) is 5.46 Å². The van der Waals surface area contributed by atoms with Gasteiger partial charge in [0.15, 0.2) is 17.5 Å². The monoisotopic (exact) mass is 295 g/mol. The van der Waals surface area contributed by atoms with Crippen molar-refractivity contribution in [1.29, 1.82) is 15.8 Å². The van der Waals surface area contributed by atoms with Crippen LogP contribution in [0.5, 0.6) is 0 Å². The predicted molar refractivity (Wildman–Crippen MR) is 48.5 cm³/mol. The van der Waals surface area contributed by atoms with E-state index in [4.69, 9.17) is 15.8 Å². The van der Waals surface area contributed by atoms with Crippen LogP contribution in [0.2, 0.25) is 0 Å². The minimum atomic E-state index is -3.85. The van der Waals surface area contributed by atoms with Gasteiger partial charge in [-0.2, -0.15) is 0 Å². The van der Waals surface area contributed by atoms with Crippen LogP contribution >= 0.6 is 0 Å². The zero-order valence-corrected chi connectivity index (χ0v) is 12.4. The van der Waals surface area contributed by atoms with Gasteiger partial charge in [0.1, 0.15) is 11.6 Å². The molecule has 0 saturated carbocycles. The van der Waals surface area contributed by atoms with Crippen molar-refractivity contribution in [2.45, 2.75) is 0 Å². The maximum absolute atomic E-state index is 13.3. The molecule has 0 bridgehead atoms. The van der Waals surface area contributed by atoms with E-state index in [9.17, 15) is 22.0 Å². The van der Waals surface area contributed by atoms with Gasteiger partial charge in [-0.3, -0.25) is 0 Å². The number of hydrogen-bond donors (Lipinski definition) is 0. The molecule has 0 atom stereocenters. The fourth-order valence-electron chi connectivity index (χ4n) is 1.28. The Morgan fingerprint density at radius 1 is 0.632 bits per heavy atom. The summed E-state index contributed by atoms with van der Waals surface area (Å²) in [6, 6.07) is 0. The number of nitrogens with zero attached hydrogens (tertiary/aromatic N) is 3. The summed E-state index contributed by atoms with van der Waals surface area (Å²) < 4.78 is 65.1. The number of hydrogen-bond acceptors (Lipinski definition) is 3. The third-order valence-electron chi connectivity index (χ3n) is 2.26. The average Bonchev–Trinajstić information content (AvgIpc) is 2.39. The van der Waals surface area contributed by atoms with Gasteiger partial charge in [0.05, 0.1) is 0 Å². The molecular formula is C9BF5KN3. The molecule has 10 heteroatoms. The number of nitriles is 3. The zero-order valence-electron chi connectivity index (χ0n) is 9.31. The molecule has 0 spiro atoms. The topological polar surface area (TPSA) is 71.4 Å². The van der Waals surface area contributed by atoms with E-state index in [1.54, 1.807) is 0 Å². The minimum Gasteiger partial charge on any atom is -0.246 e. The van der Waals surface area contributed by atoms with Gasteiger partial charge in [-0.05, 0) is 0 Å². The molecular weight excluding hydrogens is 295 g/mol. The molecule has 0 saturated heterocycles. The Balaban J connectivity index is 0.00000324. The standard InChI is InChI=1S/C9BF5N3.K/c11-5-4(10(1-16,2-17)3-18)6(12)8(14)9(15)7(5)13;/q-1;+1. The van der Waals surface area contributed by atoms with Gasteiger partial charge < -0.3 is 0 Å². The Labute approximate surface area is 146 Å². The van der Waals surface area contributed by atoms with Crippen LogP contribution < -0.4 is 56.8 Å². The van der Waals surface area contributed by atoms with Crippen molar-refractivity contribution in [3.63, 3.8) is 0 Å². The maximum atomic E-state index is 13.3. The fraction of sp³-hybridized carbons (Fsp3) is 0. The van der Waals surface area contributed by atoms with Crippen LogP contribution in [0.4, 0.5) is 22.0 Å². The molecule has 19 heavy (non-hydrogen) atoms. The molecule has 0 aliphatic heterocycles. The normalized spacial score (nSPS) is 9.79. The summed E-state index contributed by atoms with van der Waals surface area (Å²) in [5.41, 5.74) is -1.71. The summed E-state index contributed by atoms with van der Waals surface area (Å²) in [5, 5.41) is 25.8. The first-order valence-electron chi connectivity index (χ1n) is 4.27. The molecule has 90 valence electrons. The van der Waals surface area contributed by atoms with Gasteiger partial charge in [-0.15, -0.1) is 17.9 Å². The van der Waals surface area contributed by atoms with Gasteiger partial charge in [-0.25, -0.2) is 37.7 Å². The molecule has 1 aromatic carbocycles. The molecule has 0 aliphatic carbocycles. The van der Waals surface area contributed by atoms with Gasteiger partial charge in [0.2, 0.25) is 0 Å². The molecule has 3 nitrogen and oxygen atoms in total. The van der Waals surface area contributed by atoms with Crippen molar-refractivity contribution in [2.24, 2.45) is 0 Å². The van der Waals surface area contributed by atoms with E-state index >= 15 is 0 Å². The van der Waals surface area contributed by atoms with Crippen LogP contribution in [-0.4, -0.2) is 6.15 Å². The number of benzene rings is 1. The number of halogens is 5. The Kier molecular flexibility index (Phi) is 6.14. The van der Waals surface area contributed by atoms with E-state index < -0.39 is 40.7 Å². The van der Waals surface area contributed by atoms with E-state index in [2.05, 4.69) is 0 Å². The van der Waals surface area contributed by atoms with E-state index in [0.717, 1.165) is 17.9 Å². The van der Waals surface area contributed by atoms with Gasteiger partial charge in [0.25, 0.3) is 0 Å². The Hall–Kier alpha value is -0.959. The van der Waals surface area contributed by atoms with Crippen molar-refractivity contribution >= 4 is 11.6 Å². The Morgan fingerprint density at radius 3 is 1.16 bits per heavy atom. The fourth-order valence-corrected chi connectivity index (χ4v) is 1.28. The summed E-state index contributed by atoms with van der Waals surface area (Å²) >= 11 is 0. The van der Waals surface area contributed by atoms with Crippen LogP contribution in [0.25, 0.3) is 0 Å². The van der Waals surface area contributed by atoms with Crippen molar-refractivity contribution < 1.29 is 73.3 Å². The van der Waals surface area contributed by atoms with E-state index in [1.165, 1.54) is 0 Å².